The number of nitrogens with zero attached hydrogens (tertiary/aromatic N) is 1. The summed E-state index contributed by atoms with van der Waals surface area (Å²) in [6.07, 6.45) is 0. The Balaban J connectivity index is 4.43. The first kappa shape index (κ1) is 10.8. The second-order valence-corrected chi connectivity index (χ2v) is 2.33. The van der Waals surface area contributed by atoms with Gasteiger partial charge in [-0.25, -0.2) is 10.6 Å². The lowest BCUT2D eigenvalue weighted by Gasteiger charge is -2.14. The number of rotatable bonds is 3. The maximum absolute atomic E-state index is 11.0. The van der Waals surface area contributed by atoms with Gasteiger partial charge < -0.3 is 15.5 Å². The van der Waals surface area contributed by atoms with Crippen molar-refractivity contribution in [1.29, 1.82) is 0 Å². The van der Waals surface area contributed by atoms with E-state index < -0.39 is 5.97 Å². The standard InChI is InChI=1S/C7H15N3O2/c1-4-12-7(11)6(8)5(2)10(3)9/h4,8-9H2,1-3H3/b6-5-. The molecule has 0 aliphatic rings. The molecule has 0 aromatic rings. The highest BCUT2D eigenvalue weighted by Crippen LogP contribution is 2.00. The number of hydrogen-bond acceptors (Lipinski definition) is 5. The van der Waals surface area contributed by atoms with Gasteiger partial charge in [-0.3, -0.25) is 0 Å². The zero-order valence-electron chi connectivity index (χ0n) is 7.63. The van der Waals surface area contributed by atoms with Crippen molar-refractivity contribution in [3.05, 3.63) is 11.4 Å². The summed E-state index contributed by atoms with van der Waals surface area (Å²) in [6, 6.07) is 0. The molecule has 0 rings (SSSR count). The molecule has 0 saturated carbocycles. The van der Waals surface area contributed by atoms with Crippen LogP contribution in [0.2, 0.25) is 0 Å². The Kier molecular flexibility index (Phi) is 4.14. The van der Waals surface area contributed by atoms with Gasteiger partial charge in [0.2, 0.25) is 0 Å². The Bertz CT molecular complexity index is 199. The van der Waals surface area contributed by atoms with Crippen LogP contribution in [-0.2, 0) is 9.53 Å². The number of allylic oxidation sites excluding steroid dienone is 1. The van der Waals surface area contributed by atoms with Gasteiger partial charge in [0.1, 0.15) is 5.70 Å². The van der Waals surface area contributed by atoms with Crippen LogP contribution >= 0.6 is 0 Å². The van der Waals surface area contributed by atoms with Crippen LogP contribution in [-0.4, -0.2) is 24.6 Å². The van der Waals surface area contributed by atoms with E-state index in [4.69, 9.17) is 11.6 Å². The van der Waals surface area contributed by atoms with Crippen molar-refractivity contribution in [3.8, 4) is 0 Å². The lowest BCUT2D eigenvalue weighted by molar-refractivity contribution is -0.138. The van der Waals surface area contributed by atoms with Gasteiger partial charge in [-0.1, -0.05) is 0 Å². The molecule has 0 heterocycles. The number of carbonyl (C=O) groups is 1. The van der Waals surface area contributed by atoms with Crippen LogP contribution in [0, 0.1) is 0 Å². The molecule has 0 unspecified atom stereocenters. The molecule has 0 aromatic heterocycles. The maximum Gasteiger partial charge on any atom is 0.356 e. The van der Waals surface area contributed by atoms with E-state index in [2.05, 4.69) is 4.74 Å². The van der Waals surface area contributed by atoms with Gasteiger partial charge in [0.05, 0.1) is 12.3 Å². The molecule has 0 amide bonds. The van der Waals surface area contributed by atoms with Gasteiger partial charge in [0.15, 0.2) is 0 Å². The summed E-state index contributed by atoms with van der Waals surface area (Å²) < 4.78 is 4.67. The van der Waals surface area contributed by atoms with Gasteiger partial charge in [-0.2, -0.15) is 0 Å². The lowest BCUT2D eigenvalue weighted by Crippen LogP contribution is -2.29. The molecule has 70 valence electrons. The third-order valence-corrected chi connectivity index (χ3v) is 1.41. The molecular formula is C7H15N3O2. The summed E-state index contributed by atoms with van der Waals surface area (Å²) in [5.41, 5.74) is 5.97. The van der Waals surface area contributed by atoms with Crippen LogP contribution in [0.5, 0.6) is 0 Å². The van der Waals surface area contributed by atoms with Crippen molar-refractivity contribution in [3.63, 3.8) is 0 Å². The predicted molar refractivity (Wildman–Crippen MR) is 45.5 cm³/mol. The highest BCUT2D eigenvalue weighted by atomic mass is 16.5. The van der Waals surface area contributed by atoms with Gasteiger partial charge in [-0.05, 0) is 13.8 Å². The fourth-order valence-electron chi connectivity index (χ4n) is 0.547. The molecule has 0 radical (unpaired) electrons. The maximum atomic E-state index is 11.0. The second kappa shape index (κ2) is 4.61. The Morgan fingerprint density at radius 1 is 1.58 bits per heavy atom. The number of carbonyl (C=O) groups excluding carboxylic acids is 1. The van der Waals surface area contributed by atoms with Gasteiger partial charge in [0.25, 0.3) is 0 Å². The molecule has 0 saturated heterocycles. The smallest absolute Gasteiger partial charge is 0.356 e. The quantitative estimate of drug-likeness (QED) is 0.261. The first-order chi connectivity index (χ1) is 5.50. The van der Waals surface area contributed by atoms with Crippen LogP contribution in [0.15, 0.2) is 11.4 Å². The van der Waals surface area contributed by atoms with Crippen molar-refractivity contribution in [1.82, 2.24) is 5.01 Å². The number of hydrogen-bond donors (Lipinski definition) is 2. The summed E-state index contributed by atoms with van der Waals surface area (Å²) in [4.78, 5) is 11.0. The summed E-state index contributed by atoms with van der Waals surface area (Å²) in [5.74, 6) is 4.82. The summed E-state index contributed by atoms with van der Waals surface area (Å²) in [5, 5.41) is 1.27. The normalized spacial score (nSPS) is 12.0. The minimum absolute atomic E-state index is 0.0434. The number of nitrogens with two attached hydrogens (primary N) is 2. The van der Waals surface area contributed by atoms with Crippen molar-refractivity contribution in [2.75, 3.05) is 13.7 Å². The molecular weight excluding hydrogens is 158 g/mol. The van der Waals surface area contributed by atoms with Crippen molar-refractivity contribution < 1.29 is 9.53 Å². The monoisotopic (exact) mass is 173 g/mol. The molecule has 0 aromatic carbocycles. The van der Waals surface area contributed by atoms with E-state index in [-0.39, 0.29) is 5.70 Å². The Labute approximate surface area is 71.9 Å². The Hall–Kier alpha value is -1.23. The topological polar surface area (TPSA) is 81.6 Å². The average molecular weight is 173 g/mol. The van der Waals surface area contributed by atoms with Crippen LogP contribution in [0.3, 0.4) is 0 Å². The zero-order chi connectivity index (χ0) is 9.72. The molecule has 4 N–H and O–H groups in total. The zero-order valence-corrected chi connectivity index (χ0v) is 7.63. The summed E-state index contributed by atoms with van der Waals surface area (Å²) >= 11 is 0. The fourth-order valence-corrected chi connectivity index (χ4v) is 0.547. The van der Waals surface area contributed by atoms with Gasteiger partial charge in [0, 0.05) is 7.05 Å². The summed E-state index contributed by atoms with van der Waals surface area (Å²) in [6.45, 7) is 3.67. The molecule has 0 atom stereocenters. The van der Waals surface area contributed by atoms with Crippen molar-refractivity contribution in [2.24, 2.45) is 11.6 Å². The molecule has 12 heavy (non-hydrogen) atoms. The number of ether oxygens (including phenoxy) is 1. The molecule has 0 aliphatic heterocycles. The van der Waals surface area contributed by atoms with E-state index in [9.17, 15) is 4.79 Å². The summed E-state index contributed by atoms with van der Waals surface area (Å²) in [7, 11) is 1.60. The van der Waals surface area contributed by atoms with Crippen molar-refractivity contribution in [2.45, 2.75) is 13.8 Å². The molecule has 0 bridgehead atoms. The first-order valence-corrected chi connectivity index (χ1v) is 3.62. The van der Waals surface area contributed by atoms with Gasteiger partial charge >= 0.3 is 5.97 Å². The minimum Gasteiger partial charge on any atom is -0.461 e. The third-order valence-electron chi connectivity index (χ3n) is 1.41. The van der Waals surface area contributed by atoms with E-state index in [1.54, 1.807) is 20.9 Å². The van der Waals surface area contributed by atoms with Gasteiger partial charge in [-0.15, -0.1) is 0 Å². The number of esters is 1. The largest absolute Gasteiger partial charge is 0.461 e. The minimum atomic E-state index is -0.535. The third kappa shape index (κ3) is 2.79. The van der Waals surface area contributed by atoms with Crippen LogP contribution in [0.1, 0.15) is 13.8 Å². The van der Waals surface area contributed by atoms with Crippen molar-refractivity contribution >= 4 is 5.97 Å². The number of hydrazine groups is 1. The molecule has 0 spiro atoms. The predicted octanol–water partition coefficient (Wildman–Crippen LogP) is -0.455. The van der Waals surface area contributed by atoms with E-state index in [1.165, 1.54) is 5.01 Å². The van der Waals surface area contributed by atoms with Crippen LogP contribution < -0.4 is 11.6 Å². The Morgan fingerprint density at radius 3 is 2.42 bits per heavy atom. The molecule has 0 aliphatic carbocycles. The van der Waals surface area contributed by atoms with E-state index in [0.717, 1.165) is 0 Å². The van der Waals surface area contributed by atoms with E-state index >= 15 is 0 Å². The Morgan fingerprint density at radius 2 is 2.08 bits per heavy atom. The molecule has 5 heteroatoms. The highest BCUT2D eigenvalue weighted by Gasteiger charge is 2.10. The van der Waals surface area contributed by atoms with Crippen LogP contribution in [0.4, 0.5) is 0 Å². The molecule has 0 fully saturated rings. The van der Waals surface area contributed by atoms with E-state index in [1.807, 2.05) is 0 Å². The fraction of sp³-hybridized carbons (Fsp3) is 0.571. The lowest BCUT2D eigenvalue weighted by atomic mass is 10.3. The molecule has 5 nitrogen and oxygen atoms in total. The SMILES string of the molecule is CCOC(=O)/C(N)=C(\C)N(C)N. The average Bonchev–Trinajstić information content (AvgIpc) is 2.02. The highest BCUT2D eigenvalue weighted by molar-refractivity contribution is 5.87. The van der Waals surface area contributed by atoms with E-state index in [0.29, 0.717) is 12.3 Å². The first-order valence-electron chi connectivity index (χ1n) is 3.62. The second-order valence-electron chi connectivity index (χ2n) is 2.33. The van der Waals surface area contributed by atoms with Crippen LogP contribution in [0.25, 0.3) is 0 Å².